The summed E-state index contributed by atoms with van der Waals surface area (Å²) in [6.45, 7) is 6.72. The van der Waals surface area contributed by atoms with Crippen molar-refractivity contribution in [1.29, 1.82) is 0 Å². The highest BCUT2D eigenvalue weighted by atomic mass is 16.5. The summed E-state index contributed by atoms with van der Waals surface area (Å²) in [4.78, 5) is 0. The fraction of sp³-hybridized carbons (Fsp3) is 0.571. The number of para-hydroxylation sites is 1. The lowest BCUT2D eigenvalue weighted by atomic mass is 9.95. The second-order valence-electron chi connectivity index (χ2n) is 4.77. The van der Waals surface area contributed by atoms with Crippen LogP contribution in [-0.4, -0.2) is 31.4 Å². The van der Waals surface area contributed by atoms with Gasteiger partial charge in [-0.25, -0.2) is 0 Å². The van der Waals surface area contributed by atoms with Gasteiger partial charge in [-0.05, 0) is 32.4 Å². The molecule has 1 N–H and O–H groups in total. The van der Waals surface area contributed by atoms with E-state index < -0.39 is 0 Å². The van der Waals surface area contributed by atoms with E-state index in [0.717, 1.165) is 25.3 Å². The van der Waals surface area contributed by atoms with E-state index in [1.54, 1.807) is 0 Å². The first-order valence-electron chi connectivity index (χ1n) is 6.25. The molecule has 1 aromatic rings. The molecule has 3 heteroatoms. The highest BCUT2D eigenvalue weighted by Gasteiger charge is 2.36. The van der Waals surface area contributed by atoms with Gasteiger partial charge in [0.25, 0.3) is 0 Å². The molecule has 0 spiro atoms. The minimum absolute atomic E-state index is 0.0973. The van der Waals surface area contributed by atoms with Crippen molar-refractivity contribution >= 4 is 0 Å². The Labute approximate surface area is 103 Å². The van der Waals surface area contributed by atoms with Crippen LogP contribution in [0, 0.1) is 0 Å². The van der Waals surface area contributed by atoms with Gasteiger partial charge in [-0.1, -0.05) is 18.2 Å². The van der Waals surface area contributed by atoms with E-state index in [1.165, 1.54) is 0 Å². The molecule has 2 rings (SSSR count). The van der Waals surface area contributed by atoms with Gasteiger partial charge in [-0.3, -0.25) is 0 Å². The number of ether oxygens (including phenoxy) is 2. The molecule has 0 amide bonds. The Morgan fingerprint density at radius 3 is 2.82 bits per heavy atom. The van der Waals surface area contributed by atoms with E-state index >= 15 is 0 Å². The quantitative estimate of drug-likeness (QED) is 0.794. The second kappa shape index (κ2) is 5.52. The molecule has 0 aliphatic carbocycles. The van der Waals surface area contributed by atoms with E-state index in [4.69, 9.17) is 9.47 Å². The van der Waals surface area contributed by atoms with Gasteiger partial charge in [-0.2, -0.15) is 0 Å². The summed E-state index contributed by atoms with van der Waals surface area (Å²) >= 11 is 0. The standard InChI is InChI=1S/C14H21NO2/c1-12-14(2,8-10-16-12)15-9-11-17-13-6-4-3-5-7-13/h3-7,12,15H,8-11H2,1-2H3/t12-,14+/m1/s1. The van der Waals surface area contributed by atoms with E-state index in [1.807, 2.05) is 30.3 Å². The molecule has 1 aliphatic heterocycles. The van der Waals surface area contributed by atoms with Gasteiger partial charge in [0.2, 0.25) is 0 Å². The van der Waals surface area contributed by atoms with Gasteiger partial charge >= 0.3 is 0 Å². The maximum Gasteiger partial charge on any atom is 0.119 e. The zero-order valence-corrected chi connectivity index (χ0v) is 10.6. The van der Waals surface area contributed by atoms with Gasteiger partial charge in [0.15, 0.2) is 0 Å². The Morgan fingerprint density at radius 2 is 2.18 bits per heavy atom. The lowest BCUT2D eigenvalue weighted by molar-refractivity contribution is 0.0872. The second-order valence-corrected chi connectivity index (χ2v) is 4.77. The monoisotopic (exact) mass is 235 g/mol. The van der Waals surface area contributed by atoms with Crippen LogP contribution in [0.1, 0.15) is 20.3 Å². The van der Waals surface area contributed by atoms with Crippen LogP contribution in [0.15, 0.2) is 30.3 Å². The third kappa shape index (κ3) is 3.20. The van der Waals surface area contributed by atoms with Crippen molar-refractivity contribution in [1.82, 2.24) is 5.32 Å². The predicted molar refractivity (Wildman–Crippen MR) is 68.4 cm³/mol. The van der Waals surface area contributed by atoms with Crippen molar-refractivity contribution in [2.24, 2.45) is 0 Å². The van der Waals surface area contributed by atoms with E-state index in [-0.39, 0.29) is 11.6 Å². The van der Waals surface area contributed by atoms with Crippen molar-refractivity contribution < 1.29 is 9.47 Å². The average molecular weight is 235 g/mol. The first-order valence-corrected chi connectivity index (χ1v) is 6.25. The highest BCUT2D eigenvalue weighted by Crippen LogP contribution is 2.24. The molecular weight excluding hydrogens is 214 g/mol. The highest BCUT2D eigenvalue weighted by molar-refractivity contribution is 5.20. The van der Waals surface area contributed by atoms with Crippen molar-refractivity contribution in [2.45, 2.75) is 31.9 Å². The molecular formula is C14H21NO2. The van der Waals surface area contributed by atoms with Crippen molar-refractivity contribution in [2.75, 3.05) is 19.8 Å². The topological polar surface area (TPSA) is 30.5 Å². The van der Waals surface area contributed by atoms with Gasteiger partial charge in [-0.15, -0.1) is 0 Å². The Morgan fingerprint density at radius 1 is 1.41 bits per heavy atom. The molecule has 1 fully saturated rings. The maximum absolute atomic E-state index is 5.64. The lowest BCUT2D eigenvalue weighted by Gasteiger charge is -2.29. The molecule has 0 saturated carbocycles. The number of hydrogen-bond acceptors (Lipinski definition) is 3. The SMILES string of the molecule is C[C@H]1OCC[C@]1(C)NCCOc1ccccc1. The summed E-state index contributed by atoms with van der Waals surface area (Å²) in [5, 5.41) is 3.53. The fourth-order valence-corrected chi connectivity index (χ4v) is 2.09. The molecule has 17 heavy (non-hydrogen) atoms. The first kappa shape index (κ1) is 12.4. The zero-order valence-electron chi connectivity index (χ0n) is 10.6. The van der Waals surface area contributed by atoms with Crippen LogP contribution in [0.4, 0.5) is 0 Å². The number of hydrogen-bond donors (Lipinski definition) is 1. The molecule has 0 bridgehead atoms. The number of benzene rings is 1. The Hall–Kier alpha value is -1.06. The van der Waals surface area contributed by atoms with E-state index in [2.05, 4.69) is 19.2 Å². The van der Waals surface area contributed by atoms with Crippen LogP contribution < -0.4 is 10.1 Å². The summed E-state index contributed by atoms with van der Waals surface area (Å²) in [5.74, 6) is 0.926. The molecule has 1 saturated heterocycles. The normalized spacial score (nSPS) is 28.2. The predicted octanol–water partition coefficient (Wildman–Crippen LogP) is 2.22. The van der Waals surface area contributed by atoms with Gasteiger partial charge in [0.05, 0.1) is 6.10 Å². The summed E-state index contributed by atoms with van der Waals surface area (Å²) < 4.78 is 11.2. The molecule has 2 atom stereocenters. The minimum Gasteiger partial charge on any atom is -0.492 e. The molecule has 1 aromatic carbocycles. The number of nitrogens with one attached hydrogen (secondary N) is 1. The van der Waals surface area contributed by atoms with Crippen LogP contribution in [0.5, 0.6) is 5.75 Å². The third-order valence-electron chi connectivity index (χ3n) is 3.53. The average Bonchev–Trinajstić information content (AvgIpc) is 2.67. The lowest BCUT2D eigenvalue weighted by Crippen LogP contribution is -2.49. The summed E-state index contributed by atoms with van der Waals surface area (Å²) in [5.41, 5.74) is 0.0973. The van der Waals surface area contributed by atoms with Crippen LogP contribution in [0.25, 0.3) is 0 Å². The molecule has 0 unspecified atom stereocenters. The summed E-state index contributed by atoms with van der Waals surface area (Å²) in [6.07, 6.45) is 1.35. The zero-order chi connectivity index (χ0) is 12.1. The van der Waals surface area contributed by atoms with Crippen LogP contribution in [0.3, 0.4) is 0 Å². The smallest absolute Gasteiger partial charge is 0.119 e. The van der Waals surface area contributed by atoms with E-state index in [9.17, 15) is 0 Å². The number of rotatable bonds is 5. The molecule has 1 aliphatic rings. The van der Waals surface area contributed by atoms with Crippen molar-refractivity contribution in [3.8, 4) is 5.75 Å². The fourth-order valence-electron chi connectivity index (χ4n) is 2.09. The van der Waals surface area contributed by atoms with Gasteiger partial charge < -0.3 is 14.8 Å². The Kier molecular flexibility index (Phi) is 4.02. The maximum atomic E-state index is 5.64. The van der Waals surface area contributed by atoms with E-state index in [0.29, 0.717) is 6.61 Å². The molecule has 1 heterocycles. The minimum atomic E-state index is 0.0973. The third-order valence-corrected chi connectivity index (χ3v) is 3.53. The molecule has 0 aromatic heterocycles. The van der Waals surface area contributed by atoms with Gasteiger partial charge in [0, 0.05) is 18.7 Å². The Balaban J connectivity index is 1.70. The van der Waals surface area contributed by atoms with Gasteiger partial charge in [0.1, 0.15) is 12.4 Å². The van der Waals surface area contributed by atoms with Crippen molar-refractivity contribution in [3.63, 3.8) is 0 Å². The summed E-state index contributed by atoms with van der Waals surface area (Å²) in [7, 11) is 0. The Bertz CT molecular complexity index is 341. The molecule has 3 nitrogen and oxygen atoms in total. The van der Waals surface area contributed by atoms with Crippen molar-refractivity contribution in [3.05, 3.63) is 30.3 Å². The molecule has 94 valence electrons. The van der Waals surface area contributed by atoms with Crippen LogP contribution in [-0.2, 0) is 4.74 Å². The molecule has 0 radical (unpaired) electrons. The van der Waals surface area contributed by atoms with Crippen LogP contribution in [0.2, 0.25) is 0 Å². The largest absolute Gasteiger partial charge is 0.492 e. The van der Waals surface area contributed by atoms with Crippen LogP contribution >= 0.6 is 0 Å². The first-order chi connectivity index (χ1) is 8.21. The summed E-state index contributed by atoms with van der Waals surface area (Å²) in [6, 6.07) is 9.91.